The van der Waals surface area contributed by atoms with Crippen molar-refractivity contribution in [3.63, 3.8) is 0 Å². The number of fused-ring (bicyclic) bond motifs is 1. The van der Waals surface area contributed by atoms with Crippen LogP contribution in [-0.4, -0.2) is 25.7 Å². The molecule has 0 aliphatic rings. The van der Waals surface area contributed by atoms with E-state index in [0.717, 1.165) is 45.4 Å². The molecule has 10 heteroatoms. The summed E-state index contributed by atoms with van der Waals surface area (Å²) >= 11 is 0. The molecule has 39 heavy (non-hydrogen) atoms. The first kappa shape index (κ1) is 25.9. The number of aromatic nitrogens is 4. The highest BCUT2D eigenvalue weighted by molar-refractivity contribution is 5.96. The lowest BCUT2D eigenvalue weighted by atomic mass is 9.96. The van der Waals surface area contributed by atoms with Gasteiger partial charge in [0, 0.05) is 30.4 Å². The number of hydrogen-bond acceptors (Lipinski definition) is 5. The van der Waals surface area contributed by atoms with Gasteiger partial charge in [0.2, 0.25) is 5.95 Å². The molecular formula is C29H25F3N6O. The van der Waals surface area contributed by atoms with Crippen molar-refractivity contribution in [3.05, 3.63) is 102 Å². The quantitative estimate of drug-likeness (QED) is 0.259. The van der Waals surface area contributed by atoms with Gasteiger partial charge in [-0.1, -0.05) is 24.3 Å². The van der Waals surface area contributed by atoms with Crippen molar-refractivity contribution in [2.75, 3.05) is 5.32 Å². The van der Waals surface area contributed by atoms with Crippen LogP contribution < -0.4 is 10.6 Å². The molecule has 0 bridgehead atoms. The van der Waals surface area contributed by atoms with Gasteiger partial charge < -0.3 is 10.6 Å². The first-order chi connectivity index (χ1) is 18.6. The fourth-order valence-electron chi connectivity index (χ4n) is 4.30. The van der Waals surface area contributed by atoms with Crippen LogP contribution in [0.1, 0.15) is 40.0 Å². The molecule has 0 fully saturated rings. The fourth-order valence-corrected chi connectivity index (χ4v) is 4.30. The van der Waals surface area contributed by atoms with Crippen LogP contribution >= 0.6 is 0 Å². The van der Waals surface area contributed by atoms with Gasteiger partial charge in [0.1, 0.15) is 0 Å². The Morgan fingerprint density at radius 2 is 1.85 bits per heavy atom. The molecule has 2 aromatic heterocycles. The van der Waals surface area contributed by atoms with Crippen LogP contribution in [0.5, 0.6) is 0 Å². The van der Waals surface area contributed by atoms with Gasteiger partial charge in [-0.15, -0.1) is 0 Å². The summed E-state index contributed by atoms with van der Waals surface area (Å²) in [6.45, 7) is 3.60. The highest BCUT2D eigenvalue weighted by Crippen LogP contribution is 2.31. The van der Waals surface area contributed by atoms with Gasteiger partial charge in [-0.2, -0.15) is 18.3 Å². The van der Waals surface area contributed by atoms with Crippen LogP contribution in [-0.2, 0) is 13.2 Å². The predicted molar refractivity (Wildman–Crippen MR) is 144 cm³/mol. The molecule has 1 atom stereocenters. The molecule has 2 heterocycles. The Balaban J connectivity index is 1.36. The zero-order chi connectivity index (χ0) is 27.7. The molecule has 0 aliphatic heterocycles. The molecule has 7 nitrogen and oxygen atoms in total. The van der Waals surface area contributed by atoms with Crippen molar-refractivity contribution in [1.29, 1.82) is 0 Å². The van der Waals surface area contributed by atoms with Crippen molar-refractivity contribution in [1.82, 2.24) is 25.1 Å². The lowest BCUT2D eigenvalue weighted by Crippen LogP contribution is -2.27. The summed E-state index contributed by atoms with van der Waals surface area (Å²) in [7, 11) is 1.82. The second kappa shape index (κ2) is 10.2. The van der Waals surface area contributed by atoms with E-state index >= 15 is 0 Å². The number of aryl methyl sites for hydroxylation is 2. The molecule has 0 radical (unpaired) electrons. The summed E-state index contributed by atoms with van der Waals surface area (Å²) in [6.07, 6.45) is 0.785. The number of nitrogens with zero attached hydrogens (tertiary/aromatic N) is 4. The normalized spacial score (nSPS) is 12.4. The van der Waals surface area contributed by atoms with E-state index in [1.807, 2.05) is 44.4 Å². The number of benzene rings is 3. The van der Waals surface area contributed by atoms with Crippen LogP contribution in [0.15, 0.2) is 79.3 Å². The largest absolute Gasteiger partial charge is 0.416 e. The molecule has 0 saturated carbocycles. The standard InChI is InChI=1S/C29H25F3N6O/c1-17-7-8-21(27(39)35-18(2)19-5-4-6-23(12-19)29(30,31)32)13-25(17)20-9-10-26-22(11-20)14-33-28(37-26)36-24-15-34-38(3)16-24/h4-16,18H,1-3H3,(H,35,39)(H,33,36,37). The van der Waals surface area contributed by atoms with Crippen LogP contribution in [0.3, 0.4) is 0 Å². The molecular weight excluding hydrogens is 505 g/mol. The van der Waals surface area contributed by atoms with Gasteiger partial charge in [0.15, 0.2) is 0 Å². The zero-order valence-electron chi connectivity index (χ0n) is 21.4. The molecule has 3 aromatic carbocycles. The summed E-state index contributed by atoms with van der Waals surface area (Å²) in [5.74, 6) is 0.0735. The maximum absolute atomic E-state index is 13.1. The maximum atomic E-state index is 13.1. The number of carbonyl (C=O) groups excluding carboxylic acids is 1. The van der Waals surface area contributed by atoms with Gasteiger partial charge in [0.25, 0.3) is 5.91 Å². The number of carbonyl (C=O) groups is 1. The van der Waals surface area contributed by atoms with E-state index in [1.54, 1.807) is 42.2 Å². The van der Waals surface area contributed by atoms with E-state index in [1.165, 1.54) is 6.07 Å². The molecule has 0 spiro atoms. The summed E-state index contributed by atoms with van der Waals surface area (Å²) < 4.78 is 41.0. The molecule has 0 saturated heterocycles. The Morgan fingerprint density at radius 1 is 1.03 bits per heavy atom. The number of hydrogen-bond donors (Lipinski definition) is 2. The monoisotopic (exact) mass is 530 g/mol. The summed E-state index contributed by atoms with van der Waals surface area (Å²) in [4.78, 5) is 22.0. The summed E-state index contributed by atoms with van der Waals surface area (Å²) in [5.41, 5.74) is 4.26. The molecule has 0 aliphatic carbocycles. The Labute approximate surface area is 222 Å². The van der Waals surface area contributed by atoms with Gasteiger partial charge in [-0.05, 0) is 72.5 Å². The molecule has 5 aromatic rings. The topological polar surface area (TPSA) is 84.7 Å². The van der Waals surface area contributed by atoms with Gasteiger partial charge in [-0.25, -0.2) is 9.97 Å². The predicted octanol–water partition coefficient (Wildman–Crippen LogP) is 6.59. The Hall–Kier alpha value is -4.73. The third-order valence-electron chi connectivity index (χ3n) is 6.41. The maximum Gasteiger partial charge on any atom is 0.416 e. The van der Waals surface area contributed by atoms with Crippen molar-refractivity contribution < 1.29 is 18.0 Å². The number of anilines is 2. The minimum Gasteiger partial charge on any atom is -0.346 e. The van der Waals surface area contributed by atoms with Crippen LogP contribution in [0.4, 0.5) is 24.8 Å². The molecule has 2 N–H and O–H groups in total. The van der Waals surface area contributed by atoms with Gasteiger partial charge in [0.05, 0.1) is 29.0 Å². The number of alkyl halides is 3. The first-order valence-corrected chi connectivity index (χ1v) is 12.2. The van der Waals surface area contributed by atoms with Crippen molar-refractivity contribution in [3.8, 4) is 11.1 Å². The molecule has 198 valence electrons. The summed E-state index contributed by atoms with van der Waals surface area (Å²) in [6, 6.07) is 15.5. The number of rotatable bonds is 6. The second-order valence-corrected chi connectivity index (χ2v) is 9.34. The average molecular weight is 531 g/mol. The van der Waals surface area contributed by atoms with E-state index < -0.39 is 17.8 Å². The van der Waals surface area contributed by atoms with Gasteiger partial charge in [-0.3, -0.25) is 9.48 Å². The highest BCUT2D eigenvalue weighted by Gasteiger charge is 2.30. The van der Waals surface area contributed by atoms with Crippen molar-refractivity contribution >= 4 is 28.4 Å². The Kier molecular flexibility index (Phi) is 6.78. The molecule has 1 amide bonds. The fraction of sp³-hybridized carbons (Fsp3) is 0.172. The average Bonchev–Trinajstić information content (AvgIpc) is 3.32. The SMILES string of the molecule is Cc1ccc(C(=O)NC(C)c2cccc(C(F)(F)F)c2)cc1-c1ccc2nc(Nc3cnn(C)c3)ncc2c1. The third kappa shape index (κ3) is 5.74. The smallest absolute Gasteiger partial charge is 0.346 e. The number of nitrogens with one attached hydrogen (secondary N) is 2. The lowest BCUT2D eigenvalue weighted by Gasteiger charge is -2.17. The minimum atomic E-state index is -4.45. The van der Waals surface area contributed by atoms with Crippen molar-refractivity contribution in [2.24, 2.45) is 7.05 Å². The van der Waals surface area contributed by atoms with E-state index in [9.17, 15) is 18.0 Å². The summed E-state index contributed by atoms with van der Waals surface area (Å²) in [5, 5.41) is 10.9. The molecule has 1 unspecified atom stereocenters. The Morgan fingerprint density at radius 3 is 2.59 bits per heavy atom. The van der Waals surface area contributed by atoms with Crippen LogP contribution in [0.2, 0.25) is 0 Å². The van der Waals surface area contributed by atoms with Crippen LogP contribution in [0, 0.1) is 6.92 Å². The number of halogens is 3. The lowest BCUT2D eigenvalue weighted by molar-refractivity contribution is -0.137. The van der Waals surface area contributed by atoms with Crippen molar-refractivity contribution in [2.45, 2.75) is 26.1 Å². The number of amides is 1. The second-order valence-electron chi connectivity index (χ2n) is 9.34. The van der Waals surface area contributed by atoms with E-state index in [2.05, 4.69) is 25.7 Å². The molecule has 5 rings (SSSR count). The third-order valence-corrected chi connectivity index (χ3v) is 6.41. The van der Waals surface area contributed by atoms with E-state index in [0.29, 0.717) is 17.1 Å². The highest BCUT2D eigenvalue weighted by atomic mass is 19.4. The van der Waals surface area contributed by atoms with E-state index in [-0.39, 0.29) is 5.91 Å². The van der Waals surface area contributed by atoms with E-state index in [4.69, 9.17) is 0 Å². The first-order valence-electron chi connectivity index (χ1n) is 12.2. The minimum absolute atomic E-state index is 0.373. The van der Waals surface area contributed by atoms with Crippen LogP contribution in [0.25, 0.3) is 22.0 Å². The Bertz CT molecular complexity index is 1680. The zero-order valence-corrected chi connectivity index (χ0v) is 21.4. The van der Waals surface area contributed by atoms with Gasteiger partial charge >= 0.3 is 6.18 Å².